The smallest absolute Gasteiger partial charge is 0.166 e. The second kappa shape index (κ2) is 4.19. The van der Waals surface area contributed by atoms with E-state index in [9.17, 15) is 0 Å². The standard InChI is InChI=1S/C10H12BrNO2/c1-13-9-3-2-8(11)7-6-12-4-5-14-10(7)9/h2-3,12H,4-6H2,1H3. The molecule has 1 aliphatic rings. The average molecular weight is 258 g/mol. The largest absolute Gasteiger partial charge is 0.493 e. The quantitative estimate of drug-likeness (QED) is 0.835. The van der Waals surface area contributed by atoms with Crippen LogP contribution >= 0.6 is 15.9 Å². The molecule has 0 aromatic heterocycles. The summed E-state index contributed by atoms with van der Waals surface area (Å²) in [5.74, 6) is 1.65. The Hall–Kier alpha value is -0.740. The van der Waals surface area contributed by atoms with E-state index in [0.717, 1.165) is 34.6 Å². The fraction of sp³-hybridized carbons (Fsp3) is 0.400. The maximum absolute atomic E-state index is 5.63. The van der Waals surface area contributed by atoms with Gasteiger partial charge in [0.2, 0.25) is 0 Å². The summed E-state index contributed by atoms with van der Waals surface area (Å²) in [6.45, 7) is 2.36. The summed E-state index contributed by atoms with van der Waals surface area (Å²) < 4.78 is 11.9. The van der Waals surface area contributed by atoms with Crippen molar-refractivity contribution in [1.29, 1.82) is 0 Å². The minimum absolute atomic E-state index is 0.680. The highest BCUT2D eigenvalue weighted by atomic mass is 79.9. The number of rotatable bonds is 1. The maximum Gasteiger partial charge on any atom is 0.166 e. The predicted octanol–water partition coefficient (Wildman–Crippen LogP) is 1.94. The Balaban J connectivity index is 2.49. The van der Waals surface area contributed by atoms with E-state index in [1.807, 2.05) is 12.1 Å². The Bertz CT molecular complexity index is 341. The lowest BCUT2D eigenvalue weighted by molar-refractivity contribution is 0.301. The van der Waals surface area contributed by atoms with Crippen molar-refractivity contribution in [2.24, 2.45) is 0 Å². The maximum atomic E-state index is 5.63. The van der Waals surface area contributed by atoms with Crippen LogP contribution < -0.4 is 14.8 Å². The van der Waals surface area contributed by atoms with Gasteiger partial charge >= 0.3 is 0 Å². The molecule has 76 valence electrons. The van der Waals surface area contributed by atoms with Gasteiger partial charge in [-0.25, -0.2) is 0 Å². The van der Waals surface area contributed by atoms with Gasteiger partial charge in [-0.2, -0.15) is 0 Å². The SMILES string of the molecule is COc1ccc(Br)c2c1OCCNC2. The van der Waals surface area contributed by atoms with Gasteiger partial charge < -0.3 is 14.8 Å². The normalized spacial score (nSPS) is 15.3. The third-order valence-electron chi connectivity index (χ3n) is 2.21. The summed E-state index contributed by atoms with van der Waals surface area (Å²) in [6.07, 6.45) is 0. The van der Waals surface area contributed by atoms with Crippen LogP contribution in [-0.2, 0) is 6.54 Å². The molecule has 0 atom stereocenters. The number of ether oxygens (including phenoxy) is 2. The molecule has 0 saturated carbocycles. The fourth-order valence-corrected chi connectivity index (χ4v) is 1.96. The van der Waals surface area contributed by atoms with Gasteiger partial charge in [0.1, 0.15) is 6.61 Å². The van der Waals surface area contributed by atoms with Gasteiger partial charge in [0.15, 0.2) is 11.5 Å². The zero-order chi connectivity index (χ0) is 9.97. The average Bonchev–Trinajstić information content (AvgIpc) is 2.44. The second-order valence-electron chi connectivity index (χ2n) is 3.08. The third-order valence-corrected chi connectivity index (χ3v) is 2.96. The Morgan fingerprint density at radius 3 is 3.14 bits per heavy atom. The first kappa shape index (κ1) is 9.80. The van der Waals surface area contributed by atoms with Gasteiger partial charge in [-0.3, -0.25) is 0 Å². The number of benzene rings is 1. The van der Waals surface area contributed by atoms with Crippen molar-refractivity contribution >= 4 is 15.9 Å². The summed E-state index contributed by atoms with van der Waals surface area (Å²) >= 11 is 3.50. The van der Waals surface area contributed by atoms with Crippen LogP contribution in [0.5, 0.6) is 11.5 Å². The van der Waals surface area contributed by atoms with Crippen molar-refractivity contribution in [3.05, 3.63) is 22.2 Å². The molecule has 0 aliphatic carbocycles. The number of hydrogen-bond acceptors (Lipinski definition) is 3. The molecule has 0 saturated heterocycles. The molecule has 1 heterocycles. The Labute approximate surface area is 91.5 Å². The molecule has 1 aromatic rings. The molecular formula is C10H12BrNO2. The second-order valence-corrected chi connectivity index (χ2v) is 3.94. The zero-order valence-corrected chi connectivity index (χ0v) is 9.56. The first-order valence-electron chi connectivity index (χ1n) is 4.52. The van der Waals surface area contributed by atoms with Crippen molar-refractivity contribution in [2.45, 2.75) is 6.54 Å². The van der Waals surface area contributed by atoms with Gasteiger partial charge in [0, 0.05) is 23.1 Å². The van der Waals surface area contributed by atoms with E-state index in [0.29, 0.717) is 6.61 Å². The highest BCUT2D eigenvalue weighted by molar-refractivity contribution is 9.10. The Morgan fingerprint density at radius 2 is 2.36 bits per heavy atom. The molecule has 14 heavy (non-hydrogen) atoms. The van der Waals surface area contributed by atoms with Crippen LogP contribution in [0.4, 0.5) is 0 Å². The molecule has 1 aromatic carbocycles. The van der Waals surface area contributed by atoms with E-state index >= 15 is 0 Å². The summed E-state index contributed by atoms with van der Waals surface area (Å²) in [6, 6.07) is 3.89. The monoisotopic (exact) mass is 257 g/mol. The van der Waals surface area contributed by atoms with Gasteiger partial charge in [0.05, 0.1) is 7.11 Å². The van der Waals surface area contributed by atoms with Crippen molar-refractivity contribution < 1.29 is 9.47 Å². The molecule has 0 spiro atoms. The summed E-state index contributed by atoms with van der Waals surface area (Å²) in [7, 11) is 1.66. The molecule has 1 aliphatic heterocycles. The number of hydrogen-bond donors (Lipinski definition) is 1. The van der Waals surface area contributed by atoms with E-state index in [4.69, 9.17) is 9.47 Å². The van der Waals surface area contributed by atoms with Gasteiger partial charge in [-0.1, -0.05) is 15.9 Å². The molecule has 2 rings (SSSR count). The molecule has 0 amide bonds. The summed E-state index contributed by atoms with van der Waals surface area (Å²) in [4.78, 5) is 0. The van der Waals surface area contributed by atoms with Crippen LogP contribution in [-0.4, -0.2) is 20.3 Å². The predicted molar refractivity (Wildman–Crippen MR) is 57.9 cm³/mol. The van der Waals surface area contributed by atoms with E-state index < -0.39 is 0 Å². The van der Waals surface area contributed by atoms with Crippen LogP contribution in [0, 0.1) is 0 Å². The van der Waals surface area contributed by atoms with E-state index in [1.54, 1.807) is 7.11 Å². The van der Waals surface area contributed by atoms with E-state index in [1.165, 1.54) is 0 Å². The lowest BCUT2D eigenvalue weighted by Crippen LogP contribution is -2.16. The van der Waals surface area contributed by atoms with E-state index in [2.05, 4.69) is 21.2 Å². The zero-order valence-electron chi connectivity index (χ0n) is 7.97. The molecule has 3 nitrogen and oxygen atoms in total. The third kappa shape index (κ3) is 1.72. The van der Waals surface area contributed by atoms with Crippen LogP contribution in [0.1, 0.15) is 5.56 Å². The van der Waals surface area contributed by atoms with E-state index in [-0.39, 0.29) is 0 Å². The fourth-order valence-electron chi connectivity index (χ4n) is 1.50. The molecule has 0 radical (unpaired) electrons. The Morgan fingerprint density at radius 1 is 1.50 bits per heavy atom. The lowest BCUT2D eigenvalue weighted by atomic mass is 10.2. The van der Waals surface area contributed by atoms with Crippen LogP contribution in [0.25, 0.3) is 0 Å². The highest BCUT2D eigenvalue weighted by Crippen LogP contribution is 2.36. The molecule has 0 unspecified atom stereocenters. The summed E-state index contributed by atoms with van der Waals surface area (Å²) in [5.41, 5.74) is 1.13. The molecule has 4 heteroatoms. The van der Waals surface area contributed by atoms with Crippen LogP contribution in [0.15, 0.2) is 16.6 Å². The van der Waals surface area contributed by atoms with Crippen molar-refractivity contribution in [1.82, 2.24) is 5.32 Å². The first-order valence-corrected chi connectivity index (χ1v) is 5.31. The number of nitrogens with one attached hydrogen (secondary N) is 1. The first-order chi connectivity index (χ1) is 6.83. The molecular weight excluding hydrogens is 246 g/mol. The van der Waals surface area contributed by atoms with Gasteiger partial charge in [0.25, 0.3) is 0 Å². The van der Waals surface area contributed by atoms with Crippen molar-refractivity contribution in [3.63, 3.8) is 0 Å². The minimum atomic E-state index is 0.680. The number of halogens is 1. The van der Waals surface area contributed by atoms with Crippen LogP contribution in [0.2, 0.25) is 0 Å². The molecule has 0 fully saturated rings. The molecule has 0 bridgehead atoms. The Kier molecular flexibility index (Phi) is 2.93. The molecule has 1 N–H and O–H groups in total. The van der Waals surface area contributed by atoms with Crippen LogP contribution in [0.3, 0.4) is 0 Å². The number of fused-ring (bicyclic) bond motifs is 1. The lowest BCUT2D eigenvalue weighted by Gasteiger charge is -2.12. The number of methoxy groups -OCH3 is 1. The van der Waals surface area contributed by atoms with Gasteiger partial charge in [-0.15, -0.1) is 0 Å². The minimum Gasteiger partial charge on any atom is -0.493 e. The summed E-state index contributed by atoms with van der Waals surface area (Å²) in [5, 5.41) is 3.29. The van der Waals surface area contributed by atoms with Crippen molar-refractivity contribution in [3.8, 4) is 11.5 Å². The highest BCUT2D eigenvalue weighted by Gasteiger charge is 2.16. The topological polar surface area (TPSA) is 30.5 Å². The van der Waals surface area contributed by atoms with Gasteiger partial charge in [-0.05, 0) is 12.1 Å². The van der Waals surface area contributed by atoms with Crippen molar-refractivity contribution in [2.75, 3.05) is 20.3 Å².